The highest BCUT2D eigenvalue weighted by Crippen LogP contribution is 2.21. The van der Waals surface area contributed by atoms with E-state index in [1.54, 1.807) is 0 Å². The second kappa shape index (κ2) is 11.5. The fourth-order valence-electron chi connectivity index (χ4n) is 5.20. The Kier molecular flexibility index (Phi) is 9.06. The van der Waals surface area contributed by atoms with Gasteiger partial charge in [-0.15, -0.1) is 24.0 Å². The van der Waals surface area contributed by atoms with Gasteiger partial charge in [0.2, 0.25) is 0 Å². The second-order valence-electron chi connectivity index (χ2n) is 8.79. The molecule has 0 spiro atoms. The molecule has 3 aliphatic rings. The van der Waals surface area contributed by atoms with E-state index < -0.39 is 0 Å². The van der Waals surface area contributed by atoms with Crippen LogP contribution in [0, 0.1) is 5.92 Å². The average Bonchev–Trinajstić information content (AvgIpc) is 3.47. The Morgan fingerprint density at radius 1 is 1.03 bits per heavy atom. The number of aliphatic imine (C=N–C) groups is 1. The molecule has 1 N–H and O–H groups in total. The lowest BCUT2D eigenvalue weighted by Crippen LogP contribution is -2.46. The van der Waals surface area contributed by atoms with Gasteiger partial charge in [0.05, 0.1) is 0 Å². The molecule has 0 bridgehead atoms. The van der Waals surface area contributed by atoms with Crippen LogP contribution in [0.25, 0.3) is 0 Å². The summed E-state index contributed by atoms with van der Waals surface area (Å²) in [7, 11) is 1.94. The van der Waals surface area contributed by atoms with Gasteiger partial charge in [-0.1, -0.05) is 30.3 Å². The van der Waals surface area contributed by atoms with Crippen molar-refractivity contribution in [2.24, 2.45) is 10.9 Å². The Labute approximate surface area is 193 Å². The van der Waals surface area contributed by atoms with Gasteiger partial charge in [-0.05, 0) is 63.2 Å². The van der Waals surface area contributed by atoms with Crippen molar-refractivity contribution in [3.05, 3.63) is 35.9 Å². The number of likely N-dealkylation sites (tertiary alicyclic amines) is 3. The first-order valence-electron chi connectivity index (χ1n) is 11.3. The van der Waals surface area contributed by atoms with Gasteiger partial charge >= 0.3 is 0 Å². The van der Waals surface area contributed by atoms with E-state index in [1.165, 1.54) is 63.8 Å². The highest BCUT2D eigenvalue weighted by Gasteiger charge is 2.29. The topological polar surface area (TPSA) is 34.1 Å². The van der Waals surface area contributed by atoms with Crippen molar-refractivity contribution in [2.75, 3.05) is 52.9 Å². The molecule has 4 rings (SSSR count). The van der Waals surface area contributed by atoms with Crippen LogP contribution < -0.4 is 5.32 Å². The molecule has 3 heterocycles. The van der Waals surface area contributed by atoms with Crippen molar-refractivity contribution < 1.29 is 0 Å². The van der Waals surface area contributed by atoms with Gasteiger partial charge < -0.3 is 15.1 Å². The molecule has 2 unspecified atom stereocenters. The number of halogens is 1. The van der Waals surface area contributed by atoms with Gasteiger partial charge in [-0.2, -0.15) is 0 Å². The molecule has 3 aliphatic heterocycles. The summed E-state index contributed by atoms with van der Waals surface area (Å²) in [5.74, 6) is 1.91. The number of rotatable bonds is 6. The van der Waals surface area contributed by atoms with Crippen LogP contribution in [0.3, 0.4) is 0 Å². The summed E-state index contributed by atoms with van der Waals surface area (Å²) >= 11 is 0. The van der Waals surface area contributed by atoms with Gasteiger partial charge in [0.15, 0.2) is 5.96 Å². The Morgan fingerprint density at radius 2 is 1.83 bits per heavy atom. The SMILES string of the molecule is CN=C(NCC1CCCN1Cc1ccccc1)N1CCC(CN2CCCC2)C1.I. The minimum atomic E-state index is 0. The molecule has 2 atom stereocenters. The third kappa shape index (κ3) is 6.31. The fraction of sp³-hybridized carbons (Fsp3) is 0.696. The molecule has 0 aliphatic carbocycles. The summed E-state index contributed by atoms with van der Waals surface area (Å²) in [4.78, 5) is 12.4. The minimum absolute atomic E-state index is 0. The highest BCUT2D eigenvalue weighted by molar-refractivity contribution is 14.0. The van der Waals surface area contributed by atoms with Crippen molar-refractivity contribution >= 4 is 29.9 Å². The van der Waals surface area contributed by atoms with E-state index in [-0.39, 0.29) is 24.0 Å². The lowest BCUT2D eigenvalue weighted by molar-refractivity contribution is 0.243. The summed E-state index contributed by atoms with van der Waals surface area (Å²) in [6.45, 7) is 9.48. The van der Waals surface area contributed by atoms with Crippen LogP contribution in [0.5, 0.6) is 0 Å². The zero-order chi connectivity index (χ0) is 19.2. The first-order valence-corrected chi connectivity index (χ1v) is 11.3. The third-order valence-electron chi connectivity index (χ3n) is 6.74. The van der Waals surface area contributed by atoms with E-state index in [1.807, 2.05) is 7.05 Å². The summed E-state index contributed by atoms with van der Waals surface area (Å²) in [6, 6.07) is 11.5. The van der Waals surface area contributed by atoms with E-state index in [0.29, 0.717) is 6.04 Å². The van der Waals surface area contributed by atoms with E-state index in [9.17, 15) is 0 Å². The van der Waals surface area contributed by atoms with Gasteiger partial charge in [0.1, 0.15) is 0 Å². The maximum absolute atomic E-state index is 4.61. The third-order valence-corrected chi connectivity index (χ3v) is 6.74. The van der Waals surface area contributed by atoms with Crippen molar-refractivity contribution in [3.63, 3.8) is 0 Å². The number of hydrogen-bond donors (Lipinski definition) is 1. The van der Waals surface area contributed by atoms with Crippen LogP contribution in [0.1, 0.15) is 37.7 Å². The van der Waals surface area contributed by atoms with Crippen LogP contribution in [-0.4, -0.2) is 79.6 Å². The molecule has 0 saturated carbocycles. The quantitative estimate of drug-likeness (QED) is 0.361. The molecule has 5 nitrogen and oxygen atoms in total. The van der Waals surface area contributed by atoms with E-state index in [0.717, 1.165) is 38.1 Å². The predicted octanol–water partition coefficient (Wildman–Crippen LogP) is 3.26. The normalized spacial score (nSPS) is 26.1. The zero-order valence-corrected chi connectivity index (χ0v) is 20.3. The van der Waals surface area contributed by atoms with Crippen LogP contribution in [0.2, 0.25) is 0 Å². The monoisotopic (exact) mass is 511 g/mol. The zero-order valence-electron chi connectivity index (χ0n) is 17.9. The number of guanidine groups is 1. The summed E-state index contributed by atoms with van der Waals surface area (Å²) in [5.41, 5.74) is 1.42. The van der Waals surface area contributed by atoms with Crippen LogP contribution >= 0.6 is 24.0 Å². The maximum atomic E-state index is 4.61. The molecule has 3 fully saturated rings. The first-order chi connectivity index (χ1) is 13.8. The first kappa shape index (κ1) is 22.8. The highest BCUT2D eigenvalue weighted by atomic mass is 127. The van der Waals surface area contributed by atoms with Gasteiger partial charge in [0.25, 0.3) is 0 Å². The molecule has 0 aromatic heterocycles. The van der Waals surface area contributed by atoms with Gasteiger partial charge in [0, 0.05) is 45.8 Å². The maximum Gasteiger partial charge on any atom is 0.193 e. The number of nitrogens with one attached hydrogen (secondary N) is 1. The second-order valence-corrected chi connectivity index (χ2v) is 8.79. The molecule has 6 heteroatoms. The molecule has 29 heavy (non-hydrogen) atoms. The van der Waals surface area contributed by atoms with Gasteiger partial charge in [-0.25, -0.2) is 0 Å². The van der Waals surface area contributed by atoms with E-state index >= 15 is 0 Å². The molecule has 3 saturated heterocycles. The predicted molar refractivity (Wildman–Crippen MR) is 132 cm³/mol. The van der Waals surface area contributed by atoms with E-state index in [2.05, 4.69) is 55.3 Å². The average molecular weight is 511 g/mol. The number of hydrogen-bond acceptors (Lipinski definition) is 3. The smallest absolute Gasteiger partial charge is 0.193 e. The van der Waals surface area contributed by atoms with E-state index in [4.69, 9.17) is 0 Å². The van der Waals surface area contributed by atoms with Gasteiger partial charge in [-0.3, -0.25) is 9.89 Å². The van der Waals surface area contributed by atoms with Crippen molar-refractivity contribution in [2.45, 2.75) is 44.7 Å². The lowest BCUT2D eigenvalue weighted by Gasteiger charge is -2.28. The largest absolute Gasteiger partial charge is 0.355 e. The lowest BCUT2D eigenvalue weighted by atomic mass is 10.1. The standard InChI is InChI=1S/C23H37N5.HI/c1-24-23(28-15-11-21(19-28)17-26-12-5-6-13-26)25-16-22-10-7-14-27(22)18-20-8-3-2-4-9-20;/h2-4,8-9,21-22H,5-7,10-19H2,1H3,(H,24,25);1H. The molecule has 0 radical (unpaired) electrons. The van der Waals surface area contributed by atoms with Crippen LogP contribution in [0.15, 0.2) is 35.3 Å². The number of nitrogens with zero attached hydrogens (tertiary/aromatic N) is 4. The van der Waals surface area contributed by atoms with Crippen molar-refractivity contribution in [1.29, 1.82) is 0 Å². The fourth-order valence-corrected chi connectivity index (χ4v) is 5.20. The molecular weight excluding hydrogens is 473 g/mol. The Balaban J connectivity index is 0.00000240. The minimum Gasteiger partial charge on any atom is -0.355 e. The van der Waals surface area contributed by atoms with Crippen LogP contribution in [0.4, 0.5) is 0 Å². The summed E-state index contributed by atoms with van der Waals surface area (Å²) < 4.78 is 0. The Hall–Kier alpha value is -0.860. The molecular formula is C23H38IN5. The summed E-state index contributed by atoms with van der Waals surface area (Å²) in [5, 5.41) is 3.70. The Bertz CT molecular complexity index is 631. The Morgan fingerprint density at radius 3 is 2.59 bits per heavy atom. The molecule has 1 aromatic rings. The van der Waals surface area contributed by atoms with Crippen molar-refractivity contribution in [3.8, 4) is 0 Å². The molecule has 162 valence electrons. The molecule has 0 amide bonds. The number of benzene rings is 1. The van der Waals surface area contributed by atoms with Crippen molar-refractivity contribution in [1.82, 2.24) is 20.0 Å². The summed E-state index contributed by atoms with van der Waals surface area (Å²) in [6.07, 6.45) is 6.68. The molecule has 1 aromatic carbocycles. The van der Waals surface area contributed by atoms with Crippen LogP contribution in [-0.2, 0) is 6.54 Å².